The molecule has 2 rings (SSSR count). The normalized spacial score (nSPS) is 26.3. The Hall–Kier alpha value is -0.560. The summed E-state index contributed by atoms with van der Waals surface area (Å²) in [6.07, 6.45) is 13.2. The van der Waals surface area contributed by atoms with Crippen molar-refractivity contribution in [1.29, 1.82) is 0 Å². The molecule has 0 saturated carbocycles. The maximum absolute atomic E-state index is 3.41. The van der Waals surface area contributed by atoms with Crippen molar-refractivity contribution in [1.82, 2.24) is 5.32 Å². The highest BCUT2D eigenvalue weighted by Crippen LogP contribution is 2.26. The van der Waals surface area contributed by atoms with Gasteiger partial charge in [-0.2, -0.15) is 0 Å². The number of allylic oxidation sites excluding steroid dienone is 4. The summed E-state index contributed by atoms with van der Waals surface area (Å²) in [6.45, 7) is 2.42. The first-order chi connectivity index (χ1) is 5.97. The Labute approximate surface area is 74.5 Å². The highest BCUT2D eigenvalue weighted by atomic mass is 14.9. The van der Waals surface area contributed by atoms with E-state index in [-0.39, 0.29) is 0 Å². The second-order valence-corrected chi connectivity index (χ2v) is 3.76. The molecule has 0 aromatic heterocycles. The molecule has 1 nitrogen and oxygen atoms in total. The fraction of sp³-hybridized carbons (Fsp3) is 0.636. The van der Waals surface area contributed by atoms with Gasteiger partial charge in [-0.1, -0.05) is 24.3 Å². The van der Waals surface area contributed by atoms with Crippen LogP contribution < -0.4 is 5.32 Å². The van der Waals surface area contributed by atoms with E-state index < -0.39 is 0 Å². The van der Waals surface area contributed by atoms with E-state index in [4.69, 9.17) is 0 Å². The van der Waals surface area contributed by atoms with E-state index >= 15 is 0 Å². The monoisotopic (exact) mass is 163 g/mol. The van der Waals surface area contributed by atoms with Crippen molar-refractivity contribution < 1.29 is 0 Å². The predicted octanol–water partition coefficient (Wildman–Crippen LogP) is 2.12. The molecular weight excluding hydrogens is 146 g/mol. The van der Waals surface area contributed by atoms with Crippen LogP contribution in [0.4, 0.5) is 0 Å². The zero-order chi connectivity index (χ0) is 8.23. The van der Waals surface area contributed by atoms with Crippen molar-refractivity contribution in [3.63, 3.8) is 0 Å². The van der Waals surface area contributed by atoms with Gasteiger partial charge in [0, 0.05) is 0 Å². The molecule has 0 spiro atoms. The molecule has 1 heteroatoms. The number of nitrogens with one attached hydrogen (secondary N) is 1. The van der Waals surface area contributed by atoms with Gasteiger partial charge < -0.3 is 5.32 Å². The molecule has 0 aromatic carbocycles. The fourth-order valence-electron chi connectivity index (χ4n) is 2.16. The van der Waals surface area contributed by atoms with E-state index in [1.807, 2.05) is 0 Å². The van der Waals surface area contributed by atoms with Crippen molar-refractivity contribution in [3.8, 4) is 0 Å². The molecule has 12 heavy (non-hydrogen) atoms. The molecule has 2 aliphatic rings. The number of rotatable bonds is 1. The molecule has 1 aliphatic heterocycles. The second kappa shape index (κ2) is 3.90. The van der Waals surface area contributed by atoms with Crippen molar-refractivity contribution in [2.45, 2.75) is 19.3 Å². The molecule has 0 amide bonds. The molecule has 1 heterocycles. The zero-order valence-electron chi connectivity index (χ0n) is 7.50. The number of piperidine rings is 1. The van der Waals surface area contributed by atoms with Gasteiger partial charge in [0.2, 0.25) is 0 Å². The molecule has 1 N–H and O–H groups in total. The Kier molecular flexibility index (Phi) is 2.62. The quantitative estimate of drug-likeness (QED) is 0.584. The minimum absolute atomic E-state index is 0.737. The van der Waals surface area contributed by atoms with Gasteiger partial charge in [-0.15, -0.1) is 0 Å². The zero-order valence-corrected chi connectivity index (χ0v) is 7.50. The van der Waals surface area contributed by atoms with Crippen molar-refractivity contribution in [2.75, 3.05) is 13.1 Å². The Morgan fingerprint density at radius 3 is 2.33 bits per heavy atom. The predicted molar refractivity (Wildman–Crippen MR) is 52.0 cm³/mol. The smallest absolute Gasteiger partial charge is 0.00240 e. The second-order valence-electron chi connectivity index (χ2n) is 3.76. The largest absolute Gasteiger partial charge is 0.317 e. The van der Waals surface area contributed by atoms with E-state index in [2.05, 4.69) is 29.6 Å². The standard InChI is InChI=1S/C11H17N/c1-2-4-10(5-3-1)11-6-8-12-9-7-11/h2-5,10-12H,1,6-9H2. The molecule has 0 radical (unpaired) electrons. The summed E-state index contributed by atoms with van der Waals surface area (Å²) in [5.41, 5.74) is 0. The highest BCUT2D eigenvalue weighted by molar-refractivity contribution is 5.10. The molecule has 1 saturated heterocycles. The van der Waals surface area contributed by atoms with E-state index in [1.54, 1.807) is 0 Å². The highest BCUT2D eigenvalue weighted by Gasteiger charge is 2.19. The van der Waals surface area contributed by atoms with Gasteiger partial charge in [0.15, 0.2) is 0 Å². The van der Waals surface area contributed by atoms with Crippen LogP contribution in [0.3, 0.4) is 0 Å². The van der Waals surface area contributed by atoms with Crippen molar-refractivity contribution >= 4 is 0 Å². The summed E-state index contributed by atoms with van der Waals surface area (Å²) >= 11 is 0. The first-order valence-electron chi connectivity index (χ1n) is 5.01. The molecule has 0 bridgehead atoms. The van der Waals surface area contributed by atoms with Gasteiger partial charge in [0.25, 0.3) is 0 Å². The van der Waals surface area contributed by atoms with Gasteiger partial charge in [-0.05, 0) is 44.2 Å². The van der Waals surface area contributed by atoms with E-state index in [0.717, 1.165) is 18.3 Å². The molecular formula is C11H17N. The van der Waals surface area contributed by atoms with Crippen molar-refractivity contribution in [2.24, 2.45) is 11.8 Å². The first-order valence-corrected chi connectivity index (χ1v) is 5.01. The lowest BCUT2D eigenvalue weighted by Gasteiger charge is -2.27. The number of hydrogen-bond acceptors (Lipinski definition) is 1. The summed E-state index contributed by atoms with van der Waals surface area (Å²) in [5.74, 6) is 1.64. The Morgan fingerprint density at radius 2 is 1.67 bits per heavy atom. The summed E-state index contributed by atoms with van der Waals surface area (Å²) < 4.78 is 0. The van der Waals surface area contributed by atoms with Crippen LogP contribution in [-0.2, 0) is 0 Å². The van der Waals surface area contributed by atoms with E-state index in [9.17, 15) is 0 Å². The molecule has 1 aliphatic carbocycles. The maximum Gasteiger partial charge on any atom is -0.00240 e. The van der Waals surface area contributed by atoms with Gasteiger partial charge in [-0.3, -0.25) is 0 Å². The van der Waals surface area contributed by atoms with E-state index in [1.165, 1.54) is 25.9 Å². The van der Waals surface area contributed by atoms with E-state index in [0.29, 0.717) is 0 Å². The minimum Gasteiger partial charge on any atom is -0.317 e. The Balaban J connectivity index is 1.93. The van der Waals surface area contributed by atoms with Crippen LogP contribution in [0, 0.1) is 11.8 Å². The summed E-state index contributed by atoms with van der Waals surface area (Å²) in [5, 5.41) is 3.41. The lowest BCUT2D eigenvalue weighted by atomic mass is 9.83. The Bertz CT molecular complexity index is 175. The SMILES string of the molecule is C1=CC(C2CCNCC2)C=CC1. The van der Waals surface area contributed by atoms with Gasteiger partial charge in [-0.25, -0.2) is 0 Å². The molecule has 0 aromatic rings. The topological polar surface area (TPSA) is 12.0 Å². The molecule has 0 atom stereocenters. The van der Waals surface area contributed by atoms with Crippen LogP contribution in [0.25, 0.3) is 0 Å². The third-order valence-electron chi connectivity index (χ3n) is 2.92. The van der Waals surface area contributed by atoms with Crippen LogP contribution in [0.2, 0.25) is 0 Å². The third-order valence-corrected chi connectivity index (χ3v) is 2.92. The Morgan fingerprint density at radius 1 is 1.00 bits per heavy atom. The summed E-state index contributed by atoms with van der Waals surface area (Å²) in [6, 6.07) is 0. The fourth-order valence-corrected chi connectivity index (χ4v) is 2.16. The van der Waals surface area contributed by atoms with Gasteiger partial charge >= 0.3 is 0 Å². The third kappa shape index (κ3) is 1.78. The maximum atomic E-state index is 3.41. The summed E-state index contributed by atoms with van der Waals surface area (Å²) in [7, 11) is 0. The summed E-state index contributed by atoms with van der Waals surface area (Å²) in [4.78, 5) is 0. The van der Waals surface area contributed by atoms with Crippen LogP contribution >= 0.6 is 0 Å². The average Bonchev–Trinajstić information content (AvgIpc) is 2.21. The van der Waals surface area contributed by atoms with Crippen molar-refractivity contribution in [3.05, 3.63) is 24.3 Å². The lowest BCUT2D eigenvalue weighted by molar-refractivity contribution is 0.331. The van der Waals surface area contributed by atoms with Crippen LogP contribution in [0.15, 0.2) is 24.3 Å². The van der Waals surface area contributed by atoms with Crippen LogP contribution in [0.1, 0.15) is 19.3 Å². The average molecular weight is 163 g/mol. The number of hydrogen-bond donors (Lipinski definition) is 1. The van der Waals surface area contributed by atoms with Gasteiger partial charge in [0.1, 0.15) is 0 Å². The minimum atomic E-state index is 0.737. The van der Waals surface area contributed by atoms with Crippen LogP contribution in [0.5, 0.6) is 0 Å². The molecule has 1 fully saturated rings. The van der Waals surface area contributed by atoms with Gasteiger partial charge in [0.05, 0.1) is 0 Å². The van der Waals surface area contributed by atoms with Crippen LogP contribution in [-0.4, -0.2) is 13.1 Å². The first kappa shape index (κ1) is 8.06. The lowest BCUT2D eigenvalue weighted by Crippen LogP contribution is -2.30. The molecule has 0 unspecified atom stereocenters. The molecule has 66 valence electrons.